The molecule has 0 aliphatic carbocycles. The van der Waals surface area contributed by atoms with Crippen molar-refractivity contribution in [2.45, 2.75) is 90.5 Å². The van der Waals surface area contributed by atoms with Gasteiger partial charge in [-0.2, -0.15) is 0 Å². The zero-order chi connectivity index (χ0) is 19.1. The van der Waals surface area contributed by atoms with E-state index in [0.29, 0.717) is 6.61 Å². The van der Waals surface area contributed by atoms with Crippen molar-refractivity contribution in [3.8, 4) is 0 Å². The zero-order valence-corrected chi connectivity index (χ0v) is 18.0. The molecule has 1 saturated heterocycles. The Morgan fingerprint density at radius 2 is 2.00 bits per heavy atom. The third kappa shape index (κ3) is 7.60. The lowest BCUT2D eigenvalue weighted by molar-refractivity contribution is -0.192. The Morgan fingerprint density at radius 3 is 2.52 bits per heavy atom. The van der Waals surface area contributed by atoms with Crippen LogP contribution in [-0.2, 0) is 23.4 Å². The Kier molecular flexibility index (Phi) is 8.81. The number of rotatable bonds is 8. The van der Waals surface area contributed by atoms with Crippen molar-refractivity contribution in [2.75, 3.05) is 13.2 Å². The van der Waals surface area contributed by atoms with Crippen molar-refractivity contribution >= 4 is 14.3 Å². The second-order valence-corrected chi connectivity index (χ2v) is 12.8. The summed E-state index contributed by atoms with van der Waals surface area (Å²) in [5, 5.41) is 0.109. The summed E-state index contributed by atoms with van der Waals surface area (Å²) >= 11 is 0. The molecule has 0 amide bonds. The highest BCUT2D eigenvalue weighted by Gasteiger charge is 2.40. The normalized spacial score (nSPS) is 22.0. The van der Waals surface area contributed by atoms with E-state index in [2.05, 4.69) is 33.9 Å². The molecule has 0 saturated carbocycles. The second kappa shape index (κ2) is 9.85. The summed E-state index contributed by atoms with van der Waals surface area (Å²) in [6.07, 6.45) is 5.46. The van der Waals surface area contributed by atoms with Crippen LogP contribution in [0.4, 0.5) is 0 Å². The highest BCUT2D eigenvalue weighted by Crippen LogP contribution is 2.38. The lowest BCUT2D eigenvalue weighted by Gasteiger charge is -2.40. The van der Waals surface area contributed by atoms with Gasteiger partial charge in [-0.25, -0.2) is 4.79 Å². The Hall–Kier alpha value is -0.693. The molecule has 0 spiro atoms. The van der Waals surface area contributed by atoms with Crippen LogP contribution in [0.15, 0.2) is 12.2 Å². The van der Waals surface area contributed by atoms with E-state index in [1.807, 2.05) is 6.92 Å². The van der Waals surface area contributed by atoms with Gasteiger partial charge in [-0.3, -0.25) is 0 Å². The van der Waals surface area contributed by atoms with Crippen LogP contribution in [0.1, 0.15) is 53.9 Å². The number of ether oxygens (including phenoxy) is 3. The summed E-state index contributed by atoms with van der Waals surface area (Å²) in [6, 6.07) is 0. The fourth-order valence-corrected chi connectivity index (χ4v) is 3.80. The third-order valence-corrected chi connectivity index (χ3v) is 9.48. The Labute approximate surface area is 154 Å². The van der Waals surface area contributed by atoms with Crippen LogP contribution in [0.5, 0.6) is 0 Å². The standard InChI is InChI=1S/C19H36O5Si/c1-8-21-17(20)13-12-16(23-18-11-9-10-14-22-18)15(2)24-25(6,7)19(3,4)5/h12-13,15-16,18H,8-11,14H2,1-7H3/b13-12+/t15-,16-,18?/m0/s1. The molecule has 146 valence electrons. The Morgan fingerprint density at radius 1 is 1.32 bits per heavy atom. The summed E-state index contributed by atoms with van der Waals surface area (Å²) in [6.45, 7) is 15.9. The van der Waals surface area contributed by atoms with Crippen molar-refractivity contribution < 1.29 is 23.4 Å². The molecule has 0 radical (unpaired) electrons. The first-order valence-corrected chi connectivity index (χ1v) is 12.3. The first-order valence-electron chi connectivity index (χ1n) is 9.36. The first kappa shape index (κ1) is 22.3. The van der Waals surface area contributed by atoms with Gasteiger partial charge in [-0.1, -0.05) is 20.8 Å². The molecule has 1 aliphatic heterocycles. The highest BCUT2D eigenvalue weighted by atomic mass is 28.4. The minimum Gasteiger partial charge on any atom is -0.463 e. The van der Waals surface area contributed by atoms with Crippen LogP contribution in [0.2, 0.25) is 18.1 Å². The van der Waals surface area contributed by atoms with Gasteiger partial charge in [0.05, 0.1) is 12.7 Å². The molecule has 1 rings (SSSR count). The largest absolute Gasteiger partial charge is 0.463 e. The van der Waals surface area contributed by atoms with Crippen LogP contribution in [0.3, 0.4) is 0 Å². The first-order chi connectivity index (χ1) is 11.6. The minimum atomic E-state index is -1.94. The maximum absolute atomic E-state index is 11.7. The number of hydrogen-bond donors (Lipinski definition) is 0. The summed E-state index contributed by atoms with van der Waals surface area (Å²) in [5.41, 5.74) is 0. The van der Waals surface area contributed by atoms with Gasteiger partial charge in [0.2, 0.25) is 0 Å². The van der Waals surface area contributed by atoms with E-state index >= 15 is 0 Å². The average Bonchev–Trinajstić information content (AvgIpc) is 2.51. The Balaban J connectivity index is 2.82. The molecule has 0 aromatic heterocycles. The molecular weight excluding hydrogens is 336 g/mol. The summed E-state index contributed by atoms with van der Waals surface area (Å²) < 4.78 is 23.2. The fraction of sp³-hybridized carbons (Fsp3) is 0.842. The maximum atomic E-state index is 11.7. The molecule has 0 N–H and O–H groups in total. The molecule has 0 aromatic carbocycles. The molecule has 25 heavy (non-hydrogen) atoms. The van der Waals surface area contributed by atoms with Gasteiger partial charge in [0, 0.05) is 12.7 Å². The average molecular weight is 373 g/mol. The van der Waals surface area contributed by atoms with Crippen LogP contribution < -0.4 is 0 Å². The lowest BCUT2D eigenvalue weighted by atomic mass is 10.2. The van der Waals surface area contributed by atoms with Gasteiger partial charge in [-0.15, -0.1) is 0 Å². The molecular formula is C19H36O5Si. The van der Waals surface area contributed by atoms with Crippen molar-refractivity contribution in [3.05, 3.63) is 12.2 Å². The van der Waals surface area contributed by atoms with Crippen LogP contribution >= 0.6 is 0 Å². The smallest absolute Gasteiger partial charge is 0.330 e. The van der Waals surface area contributed by atoms with Crippen LogP contribution in [0.25, 0.3) is 0 Å². The fourth-order valence-electron chi connectivity index (χ4n) is 2.38. The van der Waals surface area contributed by atoms with Crippen LogP contribution in [0, 0.1) is 0 Å². The van der Waals surface area contributed by atoms with E-state index in [4.69, 9.17) is 18.6 Å². The van der Waals surface area contributed by atoms with Gasteiger partial charge in [0.15, 0.2) is 14.6 Å². The lowest BCUT2D eigenvalue weighted by Crippen LogP contribution is -2.47. The number of carbonyl (C=O) groups excluding carboxylic acids is 1. The van der Waals surface area contributed by atoms with Crippen molar-refractivity contribution in [3.63, 3.8) is 0 Å². The predicted molar refractivity (Wildman–Crippen MR) is 102 cm³/mol. The topological polar surface area (TPSA) is 54.0 Å². The highest BCUT2D eigenvalue weighted by molar-refractivity contribution is 6.74. The molecule has 1 fully saturated rings. The SMILES string of the molecule is CCOC(=O)/C=C/[C@H](OC1CCCCO1)[C@H](C)O[Si](C)(C)C(C)(C)C. The van der Waals surface area contributed by atoms with E-state index in [1.54, 1.807) is 13.0 Å². The van der Waals surface area contributed by atoms with Crippen molar-refractivity contribution in [2.24, 2.45) is 0 Å². The molecule has 6 heteroatoms. The summed E-state index contributed by atoms with van der Waals surface area (Å²) in [5.74, 6) is -0.361. The zero-order valence-electron chi connectivity index (χ0n) is 17.0. The number of esters is 1. The van der Waals surface area contributed by atoms with Crippen molar-refractivity contribution in [1.29, 1.82) is 0 Å². The second-order valence-electron chi connectivity index (χ2n) is 8.09. The van der Waals surface area contributed by atoms with Gasteiger partial charge in [0.25, 0.3) is 0 Å². The molecule has 3 atom stereocenters. The maximum Gasteiger partial charge on any atom is 0.330 e. The van der Waals surface area contributed by atoms with Gasteiger partial charge < -0.3 is 18.6 Å². The quantitative estimate of drug-likeness (QED) is 0.358. The summed E-state index contributed by atoms with van der Waals surface area (Å²) in [4.78, 5) is 11.7. The molecule has 5 nitrogen and oxygen atoms in total. The van der Waals surface area contributed by atoms with Gasteiger partial charge >= 0.3 is 5.97 Å². The number of carbonyl (C=O) groups is 1. The van der Waals surface area contributed by atoms with Gasteiger partial charge in [0.1, 0.15) is 6.10 Å². The van der Waals surface area contributed by atoms with E-state index in [-0.39, 0.29) is 29.5 Å². The third-order valence-electron chi connectivity index (χ3n) is 4.90. The van der Waals surface area contributed by atoms with E-state index in [9.17, 15) is 4.79 Å². The predicted octanol–water partition coefficient (Wildman–Crippen LogP) is 4.43. The van der Waals surface area contributed by atoms with Crippen LogP contribution in [-0.4, -0.2) is 46.0 Å². The van der Waals surface area contributed by atoms with E-state index in [1.165, 1.54) is 6.08 Å². The van der Waals surface area contributed by atoms with E-state index in [0.717, 1.165) is 25.9 Å². The molecule has 0 aromatic rings. The molecule has 0 bridgehead atoms. The van der Waals surface area contributed by atoms with Gasteiger partial charge in [-0.05, 0) is 57.3 Å². The molecule has 1 heterocycles. The molecule has 1 unspecified atom stereocenters. The summed E-state index contributed by atoms with van der Waals surface area (Å²) in [7, 11) is -1.94. The minimum absolute atomic E-state index is 0.109. The molecule has 1 aliphatic rings. The number of hydrogen-bond acceptors (Lipinski definition) is 5. The van der Waals surface area contributed by atoms with Crippen molar-refractivity contribution in [1.82, 2.24) is 0 Å². The van der Waals surface area contributed by atoms with E-state index < -0.39 is 8.32 Å². The monoisotopic (exact) mass is 372 g/mol. The Bertz CT molecular complexity index is 436.